The second-order valence-electron chi connectivity index (χ2n) is 8.58. The van der Waals surface area contributed by atoms with Crippen LogP contribution in [0, 0.1) is 0 Å². The number of amides is 1. The summed E-state index contributed by atoms with van der Waals surface area (Å²) in [4.78, 5) is 26.7. The van der Waals surface area contributed by atoms with E-state index in [0.29, 0.717) is 11.7 Å². The molecule has 0 saturated carbocycles. The Bertz CT molecular complexity index is 902. The molecular weight excluding hydrogens is 362 g/mol. The molecule has 1 fully saturated rings. The van der Waals surface area contributed by atoms with Gasteiger partial charge in [-0.1, -0.05) is 24.3 Å². The Kier molecular flexibility index (Phi) is 4.96. The van der Waals surface area contributed by atoms with Crippen LogP contribution in [0.25, 0.3) is 0 Å². The highest BCUT2D eigenvalue weighted by Crippen LogP contribution is 2.27. The molecule has 6 heteroatoms. The summed E-state index contributed by atoms with van der Waals surface area (Å²) in [5, 5.41) is 0. The van der Waals surface area contributed by atoms with Crippen molar-refractivity contribution in [2.24, 2.45) is 0 Å². The normalized spacial score (nSPS) is 20.2. The number of benzene rings is 1. The van der Waals surface area contributed by atoms with Crippen LogP contribution in [0.15, 0.2) is 24.3 Å². The lowest BCUT2D eigenvalue weighted by Gasteiger charge is -2.27. The zero-order valence-electron chi connectivity index (χ0n) is 16.9. The van der Waals surface area contributed by atoms with E-state index in [9.17, 15) is 4.79 Å². The Labute approximate surface area is 172 Å². The third kappa shape index (κ3) is 3.62. The third-order valence-corrected chi connectivity index (χ3v) is 6.77. The number of hydrogen-bond acceptors (Lipinski definition) is 5. The van der Waals surface area contributed by atoms with Crippen molar-refractivity contribution >= 4 is 11.9 Å². The predicted molar refractivity (Wildman–Crippen MR) is 113 cm³/mol. The topological polar surface area (TPSA) is 75.3 Å². The Hall–Kier alpha value is -2.47. The van der Waals surface area contributed by atoms with Gasteiger partial charge in [-0.2, -0.15) is 0 Å². The molecule has 29 heavy (non-hydrogen) atoms. The molecule has 1 aromatic heterocycles. The first-order chi connectivity index (χ1) is 14.2. The van der Waals surface area contributed by atoms with Gasteiger partial charge in [0, 0.05) is 43.5 Å². The number of hydrogen-bond donors (Lipinski definition) is 1. The molecule has 3 aliphatic rings. The Balaban J connectivity index is 1.29. The molecule has 0 radical (unpaired) electrons. The number of anilines is 1. The monoisotopic (exact) mass is 391 g/mol. The van der Waals surface area contributed by atoms with Crippen LogP contribution in [0.1, 0.15) is 52.1 Å². The summed E-state index contributed by atoms with van der Waals surface area (Å²) >= 11 is 0. The van der Waals surface area contributed by atoms with Crippen LogP contribution in [-0.2, 0) is 25.7 Å². The van der Waals surface area contributed by atoms with E-state index in [1.165, 1.54) is 11.1 Å². The van der Waals surface area contributed by atoms with E-state index >= 15 is 0 Å². The van der Waals surface area contributed by atoms with E-state index < -0.39 is 0 Å². The highest BCUT2D eigenvalue weighted by atomic mass is 16.2. The van der Waals surface area contributed by atoms with Crippen LogP contribution >= 0.6 is 0 Å². The van der Waals surface area contributed by atoms with Gasteiger partial charge in [0.1, 0.15) is 5.69 Å². The molecule has 0 spiro atoms. The molecule has 6 nitrogen and oxygen atoms in total. The first-order valence-corrected chi connectivity index (χ1v) is 10.9. The maximum atomic E-state index is 13.3. The molecule has 1 saturated heterocycles. The van der Waals surface area contributed by atoms with Gasteiger partial charge in [-0.05, 0) is 56.1 Å². The van der Waals surface area contributed by atoms with Crippen molar-refractivity contribution in [1.29, 1.82) is 0 Å². The SMILES string of the molecule is Nc1nc2c(c(C(=O)N3CCCN(C4Cc5ccccc5C4)CC3)n1)CCCC2. The molecule has 0 bridgehead atoms. The maximum absolute atomic E-state index is 13.3. The van der Waals surface area contributed by atoms with Crippen LogP contribution in [0.3, 0.4) is 0 Å². The Morgan fingerprint density at radius 3 is 2.48 bits per heavy atom. The van der Waals surface area contributed by atoms with E-state index in [1.807, 2.05) is 4.90 Å². The van der Waals surface area contributed by atoms with E-state index in [4.69, 9.17) is 5.73 Å². The summed E-state index contributed by atoms with van der Waals surface area (Å²) < 4.78 is 0. The van der Waals surface area contributed by atoms with Crippen LogP contribution in [0.5, 0.6) is 0 Å². The third-order valence-electron chi connectivity index (χ3n) is 6.77. The average molecular weight is 392 g/mol. The molecule has 0 atom stereocenters. The smallest absolute Gasteiger partial charge is 0.272 e. The fourth-order valence-electron chi connectivity index (χ4n) is 5.24. The maximum Gasteiger partial charge on any atom is 0.272 e. The first-order valence-electron chi connectivity index (χ1n) is 10.9. The minimum atomic E-state index is 0.0359. The van der Waals surface area contributed by atoms with Crippen molar-refractivity contribution in [3.05, 3.63) is 52.3 Å². The van der Waals surface area contributed by atoms with Crippen LogP contribution in [-0.4, -0.2) is 57.9 Å². The van der Waals surface area contributed by atoms with Gasteiger partial charge in [-0.25, -0.2) is 9.97 Å². The summed E-state index contributed by atoms with van der Waals surface area (Å²) in [5.74, 6) is 0.267. The molecule has 2 heterocycles. The number of fused-ring (bicyclic) bond motifs is 2. The molecule has 0 unspecified atom stereocenters. The summed E-state index contributed by atoms with van der Waals surface area (Å²) in [5.41, 5.74) is 11.5. The van der Waals surface area contributed by atoms with Crippen LogP contribution in [0.4, 0.5) is 5.95 Å². The van der Waals surface area contributed by atoms with Gasteiger partial charge in [0.25, 0.3) is 5.91 Å². The number of nitrogens with zero attached hydrogens (tertiary/aromatic N) is 4. The van der Waals surface area contributed by atoms with E-state index in [0.717, 1.165) is 82.4 Å². The van der Waals surface area contributed by atoms with E-state index in [2.05, 4.69) is 39.1 Å². The second-order valence-corrected chi connectivity index (χ2v) is 8.58. The standard InChI is InChI=1S/C23H29N5O/c24-23-25-20-9-4-3-8-19(20)21(26-23)22(29)28-11-5-10-27(12-13-28)18-14-16-6-1-2-7-17(16)15-18/h1-2,6-7,18H,3-5,8-15H2,(H2,24,25,26). The van der Waals surface area contributed by atoms with Crippen molar-refractivity contribution in [2.75, 3.05) is 31.9 Å². The van der Waals surface area contributed by atoms with Crippen molar-refractivity contribution in [3.63, 3.8) is 0 Å². The zero-order valence-corrected chi connectivity index (χ0v) is 16.9. The van der Waals surface area contributed by atoms with Gasteiger partial charge in [0.2, 0.25) is 5.95 Å². The van der Waals surface area contributed by atoms with E-state index in [1.54, 1.807) is 0 Å². The molecule has 2 aromatic rings. The molecule has 5 rings (SSSR count). The molecule has 1 aromatic carbocycles. The van der Waals surface area contributed by atoms with Gasteiger partial charge < -0.3 is 10.6 Å². The van der Waals surface area contributed by atoms with Gasteiger partial charge in [0.15, 0.2) is 0 Å². The number of aryl methyl sites for hydroxylation is 1. The minimum Gasteiger partial charge on any atom is -0.368 e. The quantitative estimate of drug-likeness (QED) is 0.850. The fourth-order valence-corrected chi connectivity index (χ4v) is 5.24. The Morgan fingerprint density at radius 1 is 0.931 bits per heavy atom. The van der Waals surface area contributed by atoms with Crippen molar-refractivity contribution in [1.82, 2.24) is 19.8 Å². The highest BCUT2D eigenvalue weighted by Gasteiger charge is 2.31. The number of aromatic nitrogens is 2. The second kappa shape index (κ2) is 7.75. The lowest BCUT2D eigenvalue weighted by molar-refractivity contribution is 0.0750. The van der Waals surface area contributed by atoms with Gasteiger partial charge in [-0.15, -0.1) is 0 Å². The number of rotatable bonds is 2. The first kappa shape index (κ1) is 18.6. The van der Waals surface area contributed by atoms with Crippen molar-refractivity contribution in [2.45, 2.75) is 51.0 Å². The van der Waals surface area contributed by atoms with Crippen LogP contribution in [0.2, 0.25) is 0 Å². The number of carbonyl (C=O) groups is 1. The summed E-state index contributed by atoms with van der Waals surface area (Å²) in [6.45, 7) is 3.51. The highest BCUT2D eigenvalue weighted by molar-refractivity contribution is 5.94. The molecule has 2 aliphatic carbocycles. The molecule has 1 aliphatic heterocycles. The zero-order chi connectivity index (χ0) is 19.8. The summed E-state index contributed by atoms with van der Waals surface area (Å²) in [6.07, 6.45) is 7.24. The summed E-state index contributed by atoms with van der Waals surface area (Å²) in [7, 11) is 0. The van der Waals surface area contributed by atoms with Gasteiger partial charge in [-0.3, -0.25) is 9.69 Å². The number of nitrogens with two attached hydrogens (primary N) is 1. The fraction of sp³-hybridized carbons (Fsp3) is 0.522. The van der Waals surface area contributed by atoms with Crippen LogP contribution < -0.4 is 5.73 Å². The lowest BCUT2D eigenvalue weighted by Crippen LogP contribution is -2.40. The van der Waals surface area contributed by atoms with Gasteiger partial charge in [0.05, 0.1) is 0 Å². The van der Waals surface area contributed by atoms with Crippen molar-refractivity contribution < 1.29 is 4.79 Å². The molecule has 1 amide bonds. The molecule has 152 valence electrons. The lowest BCUT2D eigenvalue weighted by atomic mass is 9.94. The van der Waals surface area contributed by atoms with E-state index in [-0.39, 0.29) is 11.9 Å². The predicted octanol–water partition coefficient (Wildman–Crippen LogP) is 2.25. The Morgan fingerprint density at radius 2 is 1.69 bits per heavy atom. The number of nitrogen functional groups attached to an aromatic ring is 1. The molecule has 2 N–H and O–H groups in total. The number of carbonyl (C=O) groups excluding carboxylic acids is 1. The van der Waals surface area contributed by atoms with Gasteiger partial charge >= 0.3 is 0 Å². The average Bonchev–Trinajstić information content (AvgIpc) is 3.02. The van der Waals surface area contributed by atoms with Crippen molar-refractivity contribution in [3.8, 4) is 0 Å². The minimum absolute atomic E-state index is 0.0359. The largest absolute Gasteiger partial charge is 0.368 e. The molecular formula is C23H29N5O. The summed E-state index contributed by atoms with van der Waals surface area (Å²) in [6, 6.07) is 9.35.